The molecule has 0 aromatic heterocycles. The number of hydrogen-bond acceptors (Lipinski definition) is 1. The van der Waals surface area contributed by atoms with Crippen LogP contribution < -0.4 is 4.90 Å². The fourth-order valence-electron chi connectivity index (χ4n) is 10.8. The molecule has 8 aromatic carbocycles. The van der Waals surface area contributed by atoms with Gasteiger partial charge in [0, 0.05) is 23.8 Å². The largest absolute Gasteiger partial charge is 0.310 e. The molecule has 0 amide bonds. The van der Waals surface area contributed by atoms with Crippen LogP contribution >= 0.6 is 0 Å². The molecule has 0 bridgehead atoms. The minimum Gasteiger partial charge on any atom is -0.310 e. The van der Waals surface area contributed by atoms with Crippen molar-refractivity contribution in [3.8, 4) is 44.5 Å². The highest BCUT2D eigenvalue weighted by Gasteiger charge is 2.52. The first-order chi connectivity index (χ1) is 29.3. The molecule has 60 heavy (non-hydrogen) atoms. The summed E-state index contributed by atoms with van der Waals surface area (Å²) in [4.78, 5) is 2.47. The smallest absolute Gasteiger partial charge is 0.0726 e. The van der Waals surface area contributed by atoms with Crippen LogP contribution in [0.15, 0.2) is 176 Å². The molecule has 0 fully saturated rings. The molecule has 0 N–H and O–H groups in total. The van der Waals surface area contributed by atoms with Gasteiger partial charge in [-0.1, -0.05) is 188 Å². The van der Waals surface area contributed by atoms with E-state index in [0.717, 1.165) is 33.8 Å². The fraction of sp³-hybridized carbons (Fsp3) is 0.186. The average Bonchev–Trinajstić information content (AvgIpc) is 3.81. The van der Waals surface area contributed by atoms with E-state index in [9.17, 15) is 0 Å². The molecule has 1 nitrogen and oxygen atoms in total. The SMILES string of the molecule is [2H]C(C)(C)c1ccc(-c2ccc(N(c3ccc4c(c3)-c3ccccc3C4(C)C)c3ccc4c(c3)C3(c5ccccc5-4)c4ccccc4-c4ccc(C(C)(C)C)cc43)cc2)cc1. The first-order valence-corrected chi connectivity index (χ1v) is 21.5. The van der Waals surface area contributed by atoms with Crippen LogP contribution in [0.2, 0.25) is 0 Å². The highest BCUT2D eigenvalue weighted by molar-refractivity contribution is 5.97. The predicted octanol–water partition coefficient (Wildman–Crippen LogP) is 15.9. The van der Waals surface area contributed by atoms with Crippen molar-refractivity contribution < 1.29 is 1.37 Å². The van der Waals surface area contributed by atoms with Crippen LogP contribution in [0, 0.1) is 0 Å². The van der Waals surface area contributed by atoms with Gasteiger partial charge in [0.2, 0.25) is 0 Å². The van der Waals surface area contributed by atoms with E-state index in [1.807, 2.05) is 13.8 Å². The van der Waals surface area contributed by atoms with Crippen LogP contribution in [0.25, 0.3) is 44.5 Å². The van der Waals surface area contributed by atoms with E-state index in [1.54, 1.807) is 0 Å². The lowest BCUT2D eigenvalue weighted by Crippen LogP contribution is -2.27. The summed E-state index contributed by atoms with van der Waals surface area (Å²) in [6.45, 7) is 15.6. The van der Waals surface area contributed by atoms with Crippen LogP contribution in [0.4, 0.5) is 17.1 Å². The Morgan fingerprint density at radius 2 is 0.883 bits per heavy atom. The minimum atomic E-state index is -0.637. The molecule has 0 aliphatic heterocycles. The van der Waals surface area contributed by atoms with Crippen LogP contribution in [-0.2, 0) is 16.2 Å². The summed E-state index contributed by atoms with van der Waals surface area (Å²) in [7, 11) is 0. The van der Waals surface area contributed by atoms with Crippen molar-refractivity contribution in [2.75, 3.05) is 4.90 Å². The lowest BCUT2D eigenvalue weighted by Gasteiger charge is -2.33. The van der Waals surface area contributed by atoms with Gasteiger partial charge in [-0.25, -0.2) is 0 Å². The Balaban J connectivity index is 1.14. The van der Waals surface area contributed by atoms with Crippen LogP contribution in [0.3, 0.4) is 0 Å². The molecule has 292 valence electrons. The van der Waals surface area contributed by atoms with Crippen molar-refractivity contribution in [2.24, 2.45) is 0 Å². The summed E-state index contributed by atoms with van der Waals surface area (Å²) >= 11 is 0. The highest BCUT2D eigenvalue weighted by Crippen LogP contribution is 2.64. The first-order valence-electron chi connectivity index (χ1n) is 22.0. The molecule has 3 aliphatic rings. The molecule has 1 spiro atoms. The van der Waals surface area contributed by atoms with Crippen molar-refractivity contribution in [1.82, 2.24) is 0 Å². The summed E-state index contributed by atoms with van der Waals surface area (Å²) in [6.07, 6.45) is 0. The lowest BCUT2D eigenvalue weighted by atomic mass is 9.69. The zero-order valence-corrected chi connectivity index (χ0v) is 35.7. The number of nitrogens with zero attached hydrogens (tertiary/aromatic N) is 1. The Morgan fingerprint density at radius 1 is 0.433 bits per heavy atom. The van der Waals surface area contributed by atoms with Gasteiger partial charge in [-0.2, -0.15) is 0 Å². The van der Waals surface area contributed by atoms with E-state index < -0.39 is 11.3 Å². The molecule has 11 rings (SSSR count). The normalized spacial score (nSPS) is 16.7. The van der Waals surface area contributed by atoms with Crippen molar-refractivity contribution in [3.05, 3.63) is 220 Å². The second-order valence-corrected chi connectivity index (χ2v) is 18.9. The van der Waals surface area contributed by atoms with Gasteiger partial charge in [0.25, 0.3) is 0 Å². The number of rotatable bonds is 5. The zero-order chi connectivity index (χ0) is 42.1. The summed E-state index contributed by atoms with van der Waals surface area (Å²) in [5.74, 6) is -0.637. The van der Waals surface area contributed by atoms with Crippen LogP contribution in [0.1, 0.15) is 100 Å². The summed E-state index contributed by atoms with van der Waals surface area (Å²) in [5.41, 5.74) is 23.5. The van der Waals surface area contributed by atoms with Gasteiger partial charge < -0.3 is 4.90 Å². The average molecular weight is 775 g/mol. The van der Waals surface area contributed by atoms with E-state index in [1.165, 1.54) is 72.3 Å². The summed E-state index contributed by atoms with van der Waals surface area (Å²) in [6, 6.07) is 66.3. The van der Waals surface area contributed by atoms with E-state index in [-0.39, 0.29) is 10.8 Å². The third-order valence-electron chi connectivity index (χ3n) is 13.9. The van der Waals surface area contributed by atoms with Gasteiger partial charge in [0.1, 0.15) is 0 Å². The third kappa shape index (κ3) is 5.18. The van der Waals surface area contributed by atoms with Gasteiger partial charge in [0.15, 0.2) is 0 Å². The Labute approximate surface area is 357 Å². The second-order valence-electron chi connectivity index (χ2n) is 18.9. The molecule has 1 atom stereocenters. The maximum atomic E-state index is 8.53. The molecular formula is C59H51N. The van der Waals surface area contributed by atoms with Crippen molar-refractivity contribution in [2.45, 2.75) is 70.6 Å². The summed E-state index contributed by atoms with van der Waals surface area (Å²) < 4.78 is 8.53. The summed E-state index contributed by atoms with van der Waals surface area (Å²) in [5, 5.41) is 0. The minimum absolute atomic E-state index is 0.00222. The van der Waals surface area contributed by atoms with Gasteiger partial charge >= 0.3 is 0 Å². The number of fused-ring (bicyclic) bond motifs is 13. The van der Waals surface area contributed by atoms with E-state index in [0.29, 0.717) is 0 Å². The molecule has 1 heteroatoms. The Morgan fingerprint density at radius 3 is 1.48 bits per heavy atom. The molecule has 0 saturated carbocycles. The molecule has 0 radical (unpaired) electrons. The number of anilines is 3. The second kappa shape index (κ2) is 13.0. The molecule has 0 heterocycles. The first kappa shape index (κ1) is 35.5. The van der Waals surface area contributed by atoms with Gasteiger partial charge in [-0.05, 0) is 137 Å². The van der Waals surface area contributed by atoms with Gasteiger partial charge in [-0.3, -0.25) is 0 Å². The quantitative estimate of drug-likeness (QED) is 0.168. The van der Waals surface area contributed by atoms with E-state index >= 15 is 0 Å². The van der Waals surface area contributed by atoms with Crippen molar-refractivity contribution in [3.63, 3.8) is 0 Å². The highest BCUT2D eigenvalue weighted by atomic mass is 15.1. The lowest BCUT2D eigenvalue weighted by molar-refractivity contribution is 0.588. The molecule has 0 saturated heterocycles. The van der Waals surface area contributed by atoms with Gasteiger partial charge in [-0.15, -0.1) is 0 Å². The maximum absolute atomic E-state index is 8.53. The van der Waals surface area contributed by atoms with Gasteiger partial charge in [0.05, 0.1) is 5.41 Å². The zero-order valence-electron chi connectivity index (χ0n) is 36.7. The van der Waals surface area contributed by atoms with E-state index in [2.05, 4.69) is 215 Å². The molecular weight excluding hydrogens is 723 g/mol. The predicted molar refractivity (Wildman–Crippen MR) is 253 cm³/mol. The molecule has 8 aromatic rings. The van der Waals surface area contributed by atoms with Crippen molar-refractivity contribution >= 4 is 17.1 Å². The molecule has 3 aliphatic carbocycles. The topological polar surface area (TPSA) is 3.24 Å². The van der Waals surface area contributed by atoms with E-state index in [4.69, 9.17) is 1.37 Å². The monoisotopic (exact) mass is 774 g/mol. The Bertz CT molecular complexity index is 3050. The Kier molecular flexibility index (Phi) is 7.71. The third-order valence-corrected chi connectivity index (χ3v) is 13.9. The number of benzene rings is 8. The maximum Gasteiger partial charge on any atom is 0.0726 e. The Hall–Kier alpha value is -6.44. The molecule has 1 unspecified atom stereocenters. The van der Waals surface area contributed by atoms with Crippen molar-refractivity contribution in [1.29, 1.82) is 0 Å². The standard InChI is InChI=1S/C59H51N/c1-37(2)38-20-22-39(23-21-38)40-24-27-42(28-25-40)60(43-30-33-52-50(35-43)47-16-8-11-17-51(47)58(52,6)7)44-29-32-49-46-15-10-13-19-54(46)59(56(49)36-44)53-18-12-9-14-45(53)48-31-26-41(34-55(48)59)57(3,4)5/h8-37H,1-7H3/i37D. The van der Waals surface area contributed by atoms with Crippen LogP contribution in [0.5, 0.6) is 0 Å². The van der Waals surface area contributed by atoms with Crippen LogP contribution in [-0.4, -0.2) is 0 Å². The number of hydrogen-bond donors (Lipinski definition) is 0. The fourth-order valence-corrected chi connectivity index (χ4v) is 10.8.